The van der Waals surface area contributed by atoms with Crippen LogP contribution >= 0.6 is 0 Å². The van der Waals surface area contributed by atoms with E-state index >= 15 is 0 Å². The Balaban J connectivity index is 1.69. The van der Waals surface area contributed by atoms with Gasteiger partial charge in [-0.2, -0.15) is 0 Å². The number of fused-ring (bicyclic) bond motifs is 1. The van der Waals surface area contributed by atoms with Gasteiger partial charge >= 0.3 is 0 Å². The highest BCUT2D eigenvalue weighted by Crippen LogP contribution is 2.18. The first-order chi connectivity index (χ1) is 13.3. The molecule has 0 unspecified atom stereocenters. The highest BCUT2D eigenvalue weighted by atomic mass is 16.5. The van der Waals surface area contributed by atoms with Crippen LogP contribution in [0.25, 0.3) is 11.2 Å². The summed E-state index contributed by atoms with van der Waals surface area (Å²) in [7, 11) is 0. The van der Waals surface area contributed by atoms with Crippen LogP contribution in [0.4, 0.5) is 0 Å². The standard InChI is InChI=1S/C22H16N4O/c1-16-6-8-17(9-7-16)10-11-20-22(27-15-18-4-2-12-23-14-18)26-19-5-3-13-24-21(19)25-20/h2-9,12-14H,15H2,1H3. The molecule has 4 aromatic rings. The Morgan fingerprint density at radius 1 is 0.926 bits per heavy atom. The van der Waals surface area contributed by atoms with Crippen LogP contribution in [-0.4, -0.2) is 19.9 Å². The number of pyridine rings is 2. The minimum atomic E-state index is 0.341. The number of aryl methyl sites for hydroxylation is 1. The van der Waals surface area contributed by atoms with Crippen molar-refractivity contribution in [2.24, 2.45) is 0 Å². The fraction of sp³-hybridized carbons (Fsp3) is 0.0909. The third-order valence-electron chi connectivity index (χ3n) is 3.88. The van der Waals surface area contributed by atoms with Gasteiger partial charge in [0.05, 0.1) is 0 Å². The van der Waals surface area contributed by atoms with Gasteiger partial charge in [0.15, 0.2) is 11.3 Å². The fourth-order valence-corrected chi connectivity index (χ4v) is 2.46. The van der Waals surface area contributed by atoms with Crippen LogP contribution in [0.15, 0.2) is 67.1 Å². The topological polar surface area (TPSA) is 60.8 Å². The summed E-state index contributed by atoms with van der Waals surface area (Å²) in [5.41, 5.74) is 4.71. The molecular weight excluding hydrogens is 336 g/mol. The van der Waals surface area contributed by atoms with Crippen molar-refractivity contribution in [1.29, 1.82) is 0 Å². The number of hydrogen-bond donors (Lipinski definition) is 0. The van der Waals surface area contributed by atoms with Crippen LogP contribution in [0.1, 0.15) is 22.4 Å². The van der Waals surface area contributed by atoms with Gasteiger partial charge in [-0.15, -0.1) is 0 Å². The van der Waals surface area contributed by atoms with Gasteiger partial charge in [-0.1, -0.05) is 29.7 Å². The number of aromatic nitrogens is 4. The molecule has 0 amide bonds. The first-order valence-electron chi connectivity index (χ1n) is 8.51. The van der Waals surface area contributed by atoms with E-state index in [2.05, 4.69) is 31.8 Å². The van der Waals surface area contributed by atoms with E-state index in [1.807, 2.05) is 55.5 Å². The molecule has 0 bridgehead atoms. The normalized spacial score (nSPS) is 10.3. The molecule has 0 aliphatic heterocycles. The molecule has 3 aromatic heterocycles. The van der Waals surface area contributed by atoms with E-state index in [1.165, 1.54) is 5.56 Å². The quantitative estimate of drug-likeness (QED) is 0.526. The molecule has 0 fully saturated rings. The van der Waals surface area contributed by atoms with Crippen LogP contribution in [0.2, 0.25) is 0 Å². The molecular formula is C22H16N4O. The highest BCUT2D eigenvalue weighted by Gasteiger charge is 2.09. The maximum absolute atomic E-state index is 5.89. The van der Waals surface area contributed by atoms with Crippen LogP contribution < -0.4 is 4.74 Å². The van der Waals surface area contributed by atoms with Gasteiger partial charge in [-0.05, 0) is 43.2 Å². The lowest BCUT2D eigenvalue weighted by molar-refractivity contribution is 0.292. The minimum absolute atomic E-state index is 0.341. The zero-order chi connectivity index (χ0) is 18.5. The van der Waals surface area contributed by atoms with E-state index in [9.17, 15) is 0 Å². The van der Waals surface area contributed by atoms with E-state index < -0.39 is 0 Å². The second-order valence-corrected chi connectivity index (χ2v) is 5.99. The predicted octanol–water partition coefficient (Wildman–Crippen LogP) is 3.71. The number of benzene rings is 1. The Bertz CT molecular complexity index is 1130. The molecule has 4 rings (SSSR count). The van der Waals surface area contributed by atoms with Crippen molar-refractivity contribution < 1.29 is 4.74 Å². The third-order valence-corrected chi connectivity index (χ3v) is 3.88. The Morgan fingerprint density at radius 3 is 2.59 bits per heavy atom. The van der Waals surface area contributed by atoms with Crippen molar-refractivity contribution in [2.45, 2.75) is 13.5 Å². The Labute approximate surface area is 157 Å². The van der Waals surface area contributed by atoms with Gasteiger partial charge in [0, 0.05) is 29.7 Å². The zero-order valence-electron chi connectivity index (χ0n) is 14.8. The summed E-state index contributed by atoms with van der Waals surface area (Å²) in [4.78, 5) is 17.4. The van der Waals surface area contributed by atoms with E-state index in [1.54, 1.807) is 18.6 Å². The molecule has 0 aliphatic rings. The number of hydrogen-bond acceptors (Lipinski definition) is 5. The van der Waals surface area contributed by atoms with Gasteiger partial charge in [0.2, 0.25) is 5.88 Å². The maximum Gasteiger partial charge on any atom is 0.250 e. The van der Waals surface area contributed by atoms with Gasteiger partial charge < -0.3 is 4.74 Å². The van der Waals surface area contributed by atoms with E-state index in [0.717, 1.165) is 11.1 Å². The first-order valence-corrected chi connectivity index (χ1v) is 8.51. The smallest absolute Gasteiger partial charge is 0.250 e. The summed E-state index contributed by atoms with van der Waals surface area (Å²) in [6, 6.07) is 15.5. The molecule has 130 valence electrons. The molecule has 0 atom stereocenters. The minimum Gasteiger partial charge on any atom is -0.471 e. The molecule has 0 radical (unpaired) electrons. The van der Waals surface area contributed by atoms with Gasteiger partial charge in [0.25, 0.3) is 0 Å². The summed E-state index contributed by atoms with van der Waals surface area (Å²) in [6.07, 6.45) is 5.17. The van der Waals surface area contributed by atoms with Crippen molar-refractivity contribution in [3.63, 3.8) is 0 Å². The lowest BCUT2D eigenvalue weighted by atomic mass is 10.1. The zero-order valence-corrected chi connectivity index (χ0v) is 14.8. The van der Waals surface area contributed by atoms with Crippen molar-refractivity contribution in [3.05, 3.63) is 89.5 Å². The molecule has 5 nitrogen and oxygen atoms in total. The molecule has 0 N–H and O–H groups in total. The van der Waals surface area contributed by atoms with Crippen LogP contribution in [0, 0.1) is 18.8 Å². The van der Waals surface area contributed by atoms with Crippen molar-refractivity contribution in [2.75, 3.05) is 0 Å². The van der Waals surface area contributed by atoms with Gasteiger partial charge in [-0.3, -0.25) is 4.98 Å². The number of rotatable bonds is 3. The van der Waals surface area contributed by atoms with Gasteiger partial charge in [-0.25, -0.2) is 15.0 Å². The molecule has 3 heterocycles. The van der Waals surface area contributed by atoms with Crippen LogP contribution in [0.3, 0.4) is 0 Å². The molecule has 27 heavy (non-hydrogen) atoms. The Morgan fingerprint density at radius 2 is 1.78 bits per heavy atom. The lowest BCUT2D eigenvalue weighted by Crippen LogP contribution is -2.02. The largest absolute Gasteiger partial charge is 0.471 e. The Kier molecular flexibility index (Phi) is 4.71. The van der Waals surface area contributed by atoms with Crippen molar-refractivity contribution in [1.82, 2.24) is 19.9 Å². The second kappa shape index (κ2) is 7.63. The number of ether oxygens (including phenoxy) is 1. The SMILES string of the molecule is Cc1ccc(C#Cc2nc3ncccc3nc2OCc2cccnc2)cc1. The molecule has 0 saturated carbocycles. The molecule has 0 saturated heterocycles. The van der Waals surface area contributed by atoms with Gasteiger partial charge in [0.1, 0.15) is 12.1 Å². The average Bonchev–Trinajstić information content (AvgIpc) is 2.72. The monoisotopic (exact) mass is 352 g/mol. The highest BCUT2D eigenvalue weighted by molar-refractivity contribution is 5.71. The van der Waals surface area contributed by atoms with E-state index in [-0.39, 0.29) is 0 Å². The van der Waals surface area contributed by atoms with Crippen molar-refractivity contribution >= 4 is 11.2 Å². The first kappa shape index (κ1) is 16.7. The summed E-state index contributed by atoms with van der Waals surface area (Å²) >= 11 is 0. The number of nitrogens with zero attached hydrogens (tertiary/aromatic N) is 4. The summed E-state index contributed by atoms with van der Waals surface area (Å²) in [5.74, 6) is 6.58. The molecule has 0 spiro atoms. The van der Waals surface area contributed by atoms with Crippen LogP contribution in [-0.2, 0) is 6.61 Å². The molecule has 1 aromatic carbocycles. The average molecular weight is 352 g/mol. The fourth-order valence-electron chi connectivity index (χ4n) is 2.46. The summed E-state index contributed by atoms with van der Waals surface area (Å²) in [6.45, 7) is 2.38. The molecule has 5 heteroatoms. The van der Waals surface area contributed by atoms with Crippen LogP contribution in [0.5, 0.6) is 5.88 Å². The second-order valence-electron chi connectivity index (χ2n) is 5.99. The van der Waals surface area contributed by atoms with E-state index in [0.29, 0.717) is 29.3 Å². The van der Waals surface area contributed by atoms with Crippen molar-refractivity contribution in [3.8, 4) is 17.7 Å². The predicted molar refractivity (Wildman–Crippen MR) is 103 cm³/mol. The Hall–Kier alpha value is -3.78. The molecule has 0 aliphatic carbocycles. The van der Waals surface area contributed by atoms with E-state index in [4.69, 9.17) is 4.74 Å². The maximum atomic E-state index is 5.89. The summed E-state index contributed by atoms with van der Waals surface area (Å²) in [5, 5.41) is 0. The third kappa shape index (κ3) is 4.07. The summed E-state index contributed by atoms with van der Waals surface area (Å²) < 4.78 is 5.89. The lowest BCUT2D eigenvalue weighted by Gasteiger charge is -2.07.